The minimum Gasteiger partial charge on any atom is -0.480 e. The van der Waals surface area contributed by atoms with Gasteiger partial charge in [-0.05, 0) is 50.6 Å². The van der Waals surface area contributed by atoms with Gasteiger partial charge in [0, 0.05) is 5.56 Å². The monoisotopic (exact) mass is 386 g/mol. The standard InChI is InChI=1S/C20H19ClN2O4/c1-12-4-7-15(8-5-12)20-23-22-19(27-20)14(3)26-18(24)11-25-17-10-13(2)6-9-16(17)21/h4-10,14H,11H2,1-3H3. The van der Waals surface area contributed by atoms with Crippen molar-refractivity contribution >= 4 is 17.6 Å². The number of aromatic nitrogens is 2. The first-order valence-corrected chi connectivity index (χ1v) is 8.79. The van der Waals surface area contributed by atoms with E-state index in [1.807, 2.05) is 44.2 Å². The van der Waals surface area contributed by atoms with E-state index in [2.05, 4.69) is 10.2 Å². The van der Waals surface area contributed by atoms with Crippen molar-refractivity contribution in [3.63, 3.8) is 0 Å². The van der Waals surface area contributed by atoms with Crippen LogP contribution in [0.3, 0.4) is 0 Å². The zero-order valence-corrected chi connectivity index (χ0v) is 16.0. The Hall–Kier alpha value is -2.86. The minimum absolute atomic E-state index is 0.215. The van der Waals surface area contributed by atoms with Crippen molar-refractivity contribution in [2.24, 2.45) is 0 Å². The SMILES string of the molecule is Cc1ccc(-c2nnc(C(C)OC(=O)COc3cc(C)ccc3Cl)o2)cc1. The number of carbonyl (C=O) groups is 1. The summed E-state index contributed by atoms with van der Waals surface area (Å²) in [5, 5.41) is 8.39. The van der Waals surface area contributed by atoms with Crippen LogP contribution in [0.15, 0.2) is 46.9 Å². The van der Waals surface area contributed by atoms with Gasteiger partial charge in [-0.3, -0.25) is 0 Å². The Balaban J connectivity index is 1.58. The molecule has 0 saturated heterocycles. The number of hydrogen-bond acceptors (Lipinski definition) is 6. The molecular formula is C20H19ClN2O4. The van der Waals surface area contributed by atoms with E-state index in [1.165, 1.54) is 0 Å². The Kier molecular flexibility index (Phi) is 5.76. The zero-order valence-electron chi connectivity index (χ0n) is 15.2. The van der Waals surface area contributed by atoms with E-state index < -0.39 is 12.1 Å². The van der Waals surface area contributed by atoms with Gasteiger partial charge >= 0.3 is 5.97 Å². The van der Waals surface area contributed by atoms with Crippen LogP contribution in [0.25, 0.3) is 11.5 Å². The second kappa shape index (κ2) is 8.22. The fourth-order valence-electron chi connectivity index (χ4n) is 2.35. The highest BCUT2D eigenvalue weighted by molar-refractivity contribution is 6.32. The second-order valence-electron chi connectivity index (χ2n) is 6.17. The molecule has 0 bridgehead atoms. The number of rotatable bonds is 6. The quantitative estimate of drug-likeness (QED) is 0.572. The lowest BCUT2D eigenvalue weighted by Gasteiger charge is -2.11. The van der Waals surface area contributed by atoms with E-state index in [9.17, 15) is 4.79 Å². The fourth-order valence-corrected chi connectivity index (χ4v) is 2.52. The average Bonchev–Trinajstić information content (AvgIpc) is 3.13. The van der Waals surface area contributed by atoms with E-state index in [4.69, 9.17) is 25.5 Å². The third kappa shape index (κ3) is 4.86. The molecule has 140 valence electrons. The number of esters is 1. The summed E-state index contributed by atoms with van der Waals surface area (Å²) in [7, 11) is 0. The molecule has 0 N–H and O–H groups in total. The summed E-state index contributed by atoms with van der Waals surface area (Å²) in [4.78, 5) is 12.0. The molecule has 2 aromatic carbocycles. The van der Waals surface area contributed by atoms with Gasteiger partial charge in [0.2, 0.25) is 5.89 Å². The molecule has 0 aliphatic rings. The van der Waals surface area contributed by atoms with Crippen molar-refractivity contribution in [1.29, 1.82) is 0 Å². The first-order valence-electron chi connectivity index (χ1n) is 8.41. The number of aryl methyl sites for hydroxylation is 2. The largest absolute Gasteiger partial charge is 0.480 e. The number of nitrogens with zero attached hydrogens (tertiary/aromatic N) is 2. The van der Waals surface area contributed by atoms with Gasteiger partial charge in [0.1, 0.15) is 5.75 Å². The molecule has 0 spiro atoms. The smallest absolute Gasteiger partial charge is 0.344 e. The summed E-state index contributed by atoms with van der Waals surface area (Å²) < 4.78 is 16.3. The van der Waals surface area contributed by atoms with Gasteiger partial charge in [0.25, 0.3) is 5.89 Å². The molecule has 1 unspecified atom stereocenters. The van der Waals surface area contributed by atoms with Crippen LogP contribution in [0.5, 0.6) is 5.75 Å². The van der Waals surface area contributed by atoms with Crippen LogP contribution in [-0.2, 0) is 9.53 Å². The normalized spacial score (nSPS) is 11.9. The highest BCUT2D eigenvalue weighted by Crippen LogP contribution is 2.26. The van der Waals surface area contributed by atoms with Crippen LogP contribution in [-0.4, -0.2) is 22.8 Å². The molecule has 0 fully saturated rings. The first-order chi connectivity index (χ1) is 12.9. The lowest BCUT2D eigenvalue weighted by atomic mass is 10.1. The van der Waals surface area contributed by atoms with Gasteiger partial charge in [-0.2, -0.15) is 0 Å². The van der Waals surface area contributed by atoms with E-state index in [1.54, 1.807) is 19.1 Å². The predicted octanol–water partition coefficient (Wildman–Crippen LogP) is 4.69. The lowest BCUT2D eigenvalue weighted by Crippen LogP contribution is -2.17. The first kappa shape index (κ1) is 18.9. The third-order valence-corrected chi connectivity index (χ3v) is 4.14. The summed E-state index contributed by atoms with van der Waals surface area (Å²) in [6.07, 6.45) is -0.694. The van der Waals surface area contributed by atoms with Gasteiger partial charge in [-0.15, -0.1) is 10.2 Å². The number of benzene rings is 2. The van der Waals surface area contributed by atoms with Gasteiger partial charge < -0.3 is 13.9 Å². The molecule has 0 saturated carbocycles. The number of carbonyl (C=O) groups excluding carboxylic acids is 1. The number of halogens is 1. The molecule has 0 aliphatic carbocycles. The maximum absolute atomic E-state index is 12.0. The molecule has 7 heteroatoms. The van der Waals surface area contributed by atoms with Gasteiger partial charge in [-0.25, -0.2) is 4.79 Å². The molecule has 1 heterocycles. The summed E-state index contributed by atoms with van der Waals surface area (Å²) >= 11 is 6.04. The van der Waals surface area contributed by atoms with Crippen molar-refractivity contribution in [2.75, 3.05) is 6.61 Å². The molecule has 0 aliphatic heterocycles. The Morgan fingerprint density at radius 3 is 2.56 bits per heavy atom. The molecule has 0 amide bonds. The van der Waals surface area contributed by atoms with Crippen LogP contribution in [0.1, 0.15) is 30.0 Å². The molecular weight excluding hydrogens is 368 g/mol. The van der Waals surface area contributed by atoms with Crippen molar-refractivity contribution in [3.05, 3.63) is 64.5 Å². The average molecular weight is 387 g/mol. The van der Waals surface area contributed by atoms with Crippen LogP contribution in [0.2, 0.25) is 5.02 Å². The Morgan fingerprint density at radius 2 is 1.81 bits per heavy atom. The Labute approximate surface area is 162 Å². The molecule has 3 rings (SSSR count). The maximum atomic E-state index is 12.0. The minimum atomic E-state index is -0.694. The maximum Gasteiger partial charge on any atom is 0.344 e. The van der Waals surface area contributed by atoms with Crippen molar-refractivity contribution in [2.45, 2.75) is 26.9 Å². The molecule has 1 aromatic heterocycles. The Bertz CT molecular complexity index is 937. The lowest BCUT2D eigenvalue weighted by molar-refractivity contribution is -0.152. The zero-order chi connectivity index (χ0) is 19.4. The molecule has 27 heavy (non-hydrogen) atoms. The van der Waals surface area contributed by atoms with Crippen LogP contribution < -0.4 is 4.74 Å². The summed E-state index contributed by atoms with van der Waals surface area (Å²) in [5.74, 6) is 0.457. The van der Waals surface area contributed by atoms with Crippen LogP contribution in [0, 0.1) is 13.8 Å². The molecule has 1 atom stereocenters. The van der Waals surface area contributed by atoms with Gasteiger partial charge in [0.15, 0.2) is 12.7 Å². The van der Waals surface area contributed by atoms with E-state index in [0.717, 1.165) is 16.7 Å². The van der Waals surface area contributed by atoms with Gasteiger partial charge in [-0.1, -0.05) is 35.4 Å². The van der Waals surface area contributed by atoms with E-state index in [0.29, 0.717) is 16.7 Å². The summed E-state index contributed by atoms with van der Waals surface area (Å²) in [5.41, 5.74) is 2.91. The third-order valence-electron chi connectivity index (χ3n) is 3.83. The second-order valence-corrected chi connectivity index (χ2v) is 6.57. The highest BCUT2D eigenvalue weighted by Gasteiger charge is 2.19. The fraction of sp³-hybridized carbons (Fsp3) is 0.250. The Morgan fingerprint density at radius 1 is 1.11 bits per heavy atom. The predicted molar refractivity (Wildman–Crippen MR) is 101 cm³/mol. The van der Waals surface area contributed by atoms with E-state index in [-0.39, 0.29) is 12.5 Å². The topological polar surface area (TPSA) is 74.5 Å². The summed E-state index contributed by atoms with van der Waals surface area (Å²) in [6, 6.07) is 13.0. The molecule has 0 radical (unpaired) electrons. The van der Waals surface area contributed by atoms with Crippen LogP contribution in [0.4, 0.5) is 0 Å². The highest BCUT2D eigenvalue weighted by atomic mass is 35.5. The van der Waals surface area contributed by atoms with Gasteiger partial charge in [0.05, 0.1) is 5.02 Å². The van der Waals surface area contributed by atoms with Crippen molar-refractivity contribution in [1.82, 2.24) is 10.2 Å². The molecule has 3 aromatic rings. The van der Waals surface area contributed by atoms with Crippen molar-refractivity contribution in [3.8, 4) is 17.2 Å². The van der Waals surface area contributed by atoms with Crippen LogP contribution >= 0.6 is 11.6 Å². The van der Waals surface area contributed by atoms with Crippen molar-refractivity contribution < 1.29 is 18.7 Å². The summed E-state index contributed by atoms with van der Waals surface area (Å²) in [6.45, 7) is 5.29. The van der Waals surface area contributed by atoms with E-state index >= 15 is 0 Å². The molecule has 6 nitrogen and oxygen atoms in total. The number of ether oxygens (including phenoxy) is 2. The number of hydrogen-bond donors (Lipinski definition) is 0.